The molecule has 1 amide bonds. The van der Waals surface area contributed by atoms with Crippen molar-refractivity contribution in [2.45, 2.75) is 6.18 Å². The molecule has 2 aromatic carbocycles. The third kappa shape index (κ3) is 4.86. The van der Waals surface area contributed by atoms with Crippen molar-refractivity contribution in [3.05, 3.63) is 76.6 Å². The monoisotopic (exact) mass is 489 g/mol. The lowest BCUT2D eigenvalue weighted by Crippen LogP contribution is -2.17. The maximum Gasteiger partial charge on any atom is 0.417 e. The van der Waals surface area contributed by atoms with E-state index in [1.165, 1.54) is 36.5 Å². The van der Waals surface area contributed by atoms with Crippen LogP contribution < -0.4 is 10.1 Å². The predicted molar refractivity (Wildman–Crippen MR) is 113 cm³/mol. The minimum atomic E-state index is -4.72. The molecule has 34 heavy (non-hydrogen) atoms. The molecule has 2 N–H and O–H groups in total. The van der Waals surface area contributed by atoms with Crippen LogP contribution in [0.5, 0.6) is 11.5 Å². The molecule has 0 aliphatic rings. The van der Waals surface area contributed by atoms with Crippen LogP contribution >= 0.6 is 11.6 Å². The third-order valence-electron chi connectivity index (χ3n) is 4.39. The van der Waals surface area contributed by atoms with E-state index in [1.54, 1.807) is 0 Å². The summed E-state index contributed by atoms with van der Waals surface area (Å²) in [6, 6.07) is 10.2. The zero-order chi connectivity index (χ0) is 24.5. The summed E-state index contributed by atoms with van der Waals surface area (Å²) in [6.45, 7) is 0. The van der Waals surface area contributed by atoms with Crippen LogP contribution in [0, 0.1) is 0 Å². The number of halogens is 4. The maximum absolute atomic E-state index is 13.0. The first kappa shape index (κ1) is 22.9. The molecule has 0 bridgehead atoms. The normalized spacial score (nSPS) is 11.3. The Morgan fingerprint density at radius 3 is 2.50 bits per heavy atom. The lowest BCUT2D eigenvalue weighted by atomic mass is 10.1. The molecule has 2 heterocycles. The number of nitrogens with zero attached hydrogens (tertiary/aromatic N) is 4. The number of carboxylic acids is 1. The zero-order valence-corrected chi connectivity index (χ0v) is 17.4. The van der Waals surface area contributed by atoms with Gasteiger partial charge in [0.1, 0.15) is 17.0 Å². The van der Waals surface area contributed by atoms with Crippen molar-refractivity contribution in [3.63, 3.8) is 0 Å². The van der Waals surface area contributed by atoms with Gasteiger partial charge in [0.2, 0.25) is 5.95 Å². The Morgan fingerprint density at radius 1 is 1.00 bits per heavy atom. The molecule has 0 unspecified atom stereocenters. The van der Waals surface area contributed by atoms with Gasteiger partial charge in [-0.1, -0.05) is 17.7 Å². The molecule has 2 aromatic heterocycles. The van der Waals surface area contributed by atoms with E-state index in [4.69, 9.17) is 21.4 Å². The fourth-order valence-electron chi connectivity index (χ4n) is 2.85. The van der Waals surface area contributed by atoms with Crippen LogP contribution in [0.4, 0.5) is 19.1 Å². The Hall–Kier alpha value is -4.32. The number of hydrogen-bond donors (Lipinski definition) is 2. The molecule has 0 spiro atoms. The molecule has 0 saturated carbocycles. The Kier molecular flexibility index (Phi) is 5.99. The smallest absolute Gasteiger partial charge is 0.417 e. The minimum Gasteiger partial charge on any atom is -0.477 e. The lowest BCUT2D eigenvalue weighted by Gasteiger charge is -2.12. The van der Waals surface area contributed by atoms with Crippen LogP contribution in [0.3, 0.4) is 0 Å². The van der Waals surface area contributed by atoms with Crippen molar-refractivity contribution >= 4 is 40.5 Å². The van der Waals surface area contributed by atoms with Crippen LogP contribution in [-0.4, -0.2) is 37.1 Å². The predicted octanol–water partition coefficient (Wildman–Crippen LogP) is 4.83. The fourth-order valence-corrected chi connectivity index (χ4v) is 3.17. The summed E-state index contributed by atoms with van der Waals surface area (Å²) < 4.78 is 44.7. The number of nitrogens with one attached hydrogen (secondary N) is 1. The summed E-state index contributed by atoms with van der Waals surface area (Å²) in [6.07, 6.45) is -3.44. The molecule has 0 aliphatic carbocycles. The first-order chi connectivity index (χ1) is 16.1. The number of rotatable bonds is 5. The number of amides is 1. The van der Waals surface area contributed by atoms with Crippen LogP contribution in [0.25, 0.3) is 11.0 Å². The average Bonchev–Trinajstić information content (AvgIpc) is 2.78. The molecule has 0 atom stereocenters. The SMILES string of the molecule is O=C(O)c1cc(Oc2ccc3nc(NC(=O)c4cccc(C(F)(F)F)c4Cl)nnc3c2)ccn1. The molecule has 0 radical (unpaired) electrons. The van der Waals surface area contributed by atoms with Gasteiger partial charge in [-0.25, -0.2) is 14.8 Å². The highest BCUT2D eigenvalue weighted by Crippen LogP contribution is 2.36. The molecule has 4 rings (SSSR count). The summed E-state index contributed by atoms with van der Waals surface area (Å²) in [5.74, 6) is -1.86. The number of carbonyl (C=O) groups is 2. The third-order valence-corrected chi connectivity index (χ3v) is 4.79. The van der Waals surface area contributed by atoms with Gasteiger partial charge >= 0.3 is 12.1 Å². The van der Waals surface area contributed by atoms with E-state index in [0.717, 1.165) is 18.2 Å². The number of benzene rings is 2. The molecule has 0 aliphatic heterocycles. The van der Waals surface area contributed by atoms with Crippen molar-refractivity contribution in [3.8, 4) is 11.5 Å². The average molecular weight is 490 g/mol. The molecular weight excluding hydrogens is 479 g/mol. The highest BCUT2D eigenvalue weighted by atomic mass is 35.5. The quantitative estimate of drug-likeness (QED) is 0.408. The first-order valence-electron chi connectivity index (χ1n) is 9.30. The van der Waals surface area contributed by atoms with Gasteiger partial charge in [-0.3, -0.25) is 10.1 Å². The van der Waals surface area contributed by atoms with Gasteiger partial charge in [-0.2, -0.15) is 13.2 Å². The van der Waals surface area contributed by atoms with E-state index in [0.29, 0.717) is 11.3 Å². The van der Waals surface area contributed by atoms with Crippen LogP contribution in [-0.2, 0) is 6.18 Å². The summed E-state index contributed by atoms with van der Waals surface area (Å²) >= 11 is 5.77. The standard InChI is InChI=1S/C21H11ClF3N5O4/c22-17-12(2-1-3-13(17)21(23,24)25)18(31)28-20-27-14-5-4-10(8-15(14)29-30-20)34-11-6-7-26-16(9-11)19(32)33/h1-9H,(H,32,33)(H,27,28,30,31). The van der Waals surface area contributed by atoms with Crippen molar-refractivity contribution in [2.24, 2.45) is 0 Å². The second-order valence-electron chi connectivity index (χ2n) is 6.69. The Morgan fingerprint density at radius 2 is 1.76 bits per heavy atom. The number of aromatic carboxylic acids is 1. The number of pyridine rings is 1. The van der Waals surface area contributed by atoms with Gasteiger partial charge in [-0.05, 0) is 30.3 Å². The lowest BCUT2D eigenvalue weighted by molar-refractivity contribution is -0.137. The van der Waals surface area contributed by atoms with E-state index < -0.39 is 34.2 Å². The van der Waals surface area contributed by atoms with E-state index in [2.05, 4.69) is 25.5 Å². The number of fused-ring (bicyclic) bond motifs is 1. The molecule has 4 aromatic rings. The van der Waals surface area contributed by atoms with Gasteiger partial charge in [0, 0.05) is 18.3 Å². The molecule has 13 heteroatoms. The second-order valence-corrected chi connectivity index (χ2v) is 7.07. The van der Waals surface area contributed by atoms with Crippen LogP contribution in [0.1, 0.15) is 26.4 Å². The van der Waals surface area contributed by atoms with Crippen molar-refractivity contribution in [1.82, 2.24) is 20.2 Å². The summed E-state index contributed by atoms with van der Waals surface area (Å²) in [7, 11) is 0. The van der Waals surface area contributed by atoms with Crippen LogP contribution in [0.15, 0.2) is 54.7 Å². The van der Waals surface area contributed by atoms with Gasteiger partial charge in [0.15, 0.2) is 5.69 Å². The van der Waals surface area contributed by atoms with Crippen LogP contribution in [0.2, 0.25) is 5.02 Å². The maximum atomic E-state index is 13.0. The van der Waals surface area contributed by atoms with Gasteiger partial charge in [0.05, 0.1) is 21.7 Å². The summed E-state index contributed by atoms with van der Waals surface area (Å²) in [5, 5.41) is 18.2. The Balaban J connectivity index is 1.54. The second kappa shape index (κ2) is 8.90. The Bertz CT molecular complexity index is 1430. The first-order valence-corrected chi connectivity index (χ1v) is 9.68. The van der Waals surface area contributed by atoms with Crippen molar-refractivity contribution in [2.75, 3.05) is 5.32 Å². The van der Waals surface area contributed by atoms with E-state index in [1.807, 2.05) is 0 Å². The van der Waals surface area contributed by atoms with Gasteiger partial charge in [0.25, 0.3) is 5.91 Å². The zero-order valence-electron chi connectivity index (χ0n) is 16.7. The number of anilines is 1. The minimum absolute atomic E-state index is 0.194. The molecular formula is C21H11ClF3N5O4. The number of carbonyl (C=O) groups excluding carboxylic acids is 1. The number of ether oxygens (including phenoxy) is 1. The van der Waals surface area contributed by atoms with E-state index in [9.17, 15) is 22.8 Å². The number of hydrogen-bond acceptors (Lipinski definition) is 7. The summed E-state index contributed by atoms with van der Waals surface area (Å²) in [4.78, 5) is 31.3. The highest BCUT2D eigenvalue weighted by molar-refractivity contribution is 6.35. The van der Waals surface area contributed by atoms with Crippen molar-refractivity contribution < 1.29 is 32.6 Å². The molecule has 172 valence electrons. The fraction of sp³-hybridized carbons (Fsp3) is 0.0476. The topological polar surface area (TPSA) is 127 Å². The van der Waals surface area contributed by atoms with E-state index >= 15 is 0 Å². The van der Waals surface area contributed by atoms with E-state index in [-0.39, 0.29) is 22.9 Å². The molecule has 9 nitrogen and oxygen atoms in total. The molecule has 0 saturated heterocycles. The summed E-state index contributed by atoms with van der Waals surface area (Å²) in [5.41, 5.74) is -1.16. The van der Waals surface area contributed by atoms with Gasteiger partial charge in [-0.15, -0.1) is 10.2 Å². The number of carboxylic acid groups (broad SMARTS) is 1. The number of aromatic nitrogens is 4. The molecule has 0 fully saturated rings. The van der Waals surface area contributed by atoms with Gasteiger partial charge < -0.3 is 9.84 Å². The van der Waals surface area contributed by atoms with Crippen molar-refractivity contribution in [1.29, 1.82) is 0 Å². The Labute approximate surface area is 193 Å². The highest BCUT2D eigenvalue weighted by Gasteiger charge is 2.34. The largest absolute Gasteiger partial charge is 0.477 e. The number of alkyl halides is 3.